The first-order valence-electron chi connectivity index (χ1n) is 9.46. The first kappa shape index (κ1) is 21.4. The van der Waals surface area contributed by atoms with Crippen molar-refractivity contribution < 1.29 is 24.6 Å². The molecule has 0 spiro atoms. The minimum atomic E-state index is -0.887. The lowest BCUT2D eigenvalue weighted by molar-refractivity contribution is -0.137. The summed E-state index contributed by atoms with van der Waals surface area (Å²) in [5.41, 5.74) is 3.56. The summed E-state index contributed by atoms with van der Waals surface area (Å²) in [5, 5.41) is 25.3. The normalized spacial score (nSPS) is 12.0. The standard InChI is InChI=1S/C23H23NO5S/c1-16-4-2-3-5-20(16)21(8-9-23(25)26)29-22-12-19(7-6-18(22)13-24-27)28-14-17-10-11-30-15-17/h2-7,10-13,15,21,27H,8-9,14H2,1H3,(H,25,26)/t21-/m0/s1. The maximum Gasteiger partial charge on any atom is 0.303 e. The predicted octanol–water partition coefficient (Wildman–Crippen LogP) is 5.43. The van der Waals surface area contributed by atoms with E-state index < -0.39 is 12.1 Å². The summed E-state index contributed by atoms with van der Waals surface area (Å²) >= 11 is 1.60. The molecule has 30 heavy (non-hydrogen) atoms. The first-order valence-corrected chi connectivity index (χ1v) is 10.4. The molecule has 0 saturated carbocycles. The molecule has 1 aromatic heterocycles. The number of thiophene rings is 1. The number of carboxylic acid groups (broad SMARTS) is 1. The molecule has 0 amide bonds. The van der Waals surface area contributed by atoms with E-state index in [-0.39, 0.29) is 6.42 Å². The van der Waals surface area contributed by atoms with E-state index in [1.54, 1.807) is 29.5 Å². The third kappa shape index (κ3) is 5.84. The van der Waals surface area contributed by atoms with Crippen LogP contribution < -0.4 is 9.47 Å². The molecule has 7 heteroatoms. The smallest absolute Gasteiger partial charge is 0.303 e. The van der Waals surface area contributed by atoms with Gasteiger partial charge in [0.2, 0.25) is 0 Å². The molecule has 1 atom stereocenters. The van der Waals surface area contributed by atoms with E-state index in [0.29, 0.717) is 30.1 Å². The average Bonchev–Trinajstić information content (AvgIpc) is 3.25. The Hall–Kier alpha value is -3.32. The van der Waals surface area contributed by atoms with Gasteiger partial charge in [-0.05, 0) is 59.0 Å². The number of rotatable bonds is 10. The van der Waals surface area contributed by atoms with Gasteiger partial charge in [-0.1, -0.05) is 29.4 Å². The predicted molar refractivity (Wildman–Crippen MR) is 116 cm³/mol. The molecule has 6 nitrogen and oxygen atoms in total. The molecule has 3 rings (SSSR count). The molecule has 2 N–H and O–H groups in total. The second kappa shape index (κ2) is 10.5. The fourth-order valence-corrected chi connectivity index (χ4v) is 3.70. The number of hydrogen-bond donors (Lipinski definition) is 2. The van der Waals surface area contributed by atoms with Crippen molar-refractivity contribution in [2.24, 2.45) is 5.16 Å². The molecule has 0 radical (unpaired) electrons. The molecule has 0 bridgehead atoms. The van der Waals surface area contributed by atoms with Gasteiger partial charge in [0.25, 0.3) is 0 Å². The van der Waals surface area contributed by atoms with Crippen LogP contribution in [0.25, 0.3) is 0 Å². The summed E-state index contributed by atoms with van der Waals surface area (Å²) in [6.07, 6.45) is 1.08. The zero-order valence-corrected chi connectivity index (χ0v) is 17.3. The highest BCUT2D eigenvalue weighted by Crippen LogP contribution is 2.32. The molecule has 2 aromatic carbocycles. The monoisotopic (exact) mass is 425 g/mol. The summed E-state index contributed by atoms with van der Waals surface area (Å²) in [6, 6.07) is 15.0. The fraction of sp³-hybridized carbons (Fsp3) is 0.217. The van der Waals surface area contributed by atoms with Crippen LogP contribution in [0.15, 0.2) is 64.4 Å². The lowest BCUT2D eigenvalue weighted by Crippen LogP contribution is -2.12. The van der Waals surface area contributed by atoms with Crippen molar-refractivity contribution in [3.8, 4) is 11.5 Å². The highest BCUT2D eigenvalue weighted by atomic mass is 32.1. The number of benzene rings is 2. The zero-order chi connectivity index (χ0) is 21.3. The number of carbonyl (C=O) groups is 1. The van der Waals surface area contributed by atoms with Crippen LogP contribution in [0.1, 0.15) is 41.2 Å². The maximum atomic E-state index is 11.2. The maximum absolute atomic E-state index is 11.2. The second-order valence-electron chi connectivity index (χ2n) is 6.76. The van der Waals surface area contributed by atoms with E-state index in [0.717, 1.165) is 16.7 Å². The van der Waals surface area contributed by atoms with Crippen LogP contribution in [0.5, 0.6) is 11.5 Å². The van der Waals surface area contributed by atoms with Gasteiger partial charge in [-0.15, -0.1) is 0 Å². The second-order valence-corrected chi connectivity index (χ2v) is 7.54. The van der Waals surface area contributed by atoms with Crippen LogP contribution in [-0.4, -0.2) is 22.5 Å². The van der Waals surface area contributed by atoms with Gasteiger partial charge in [0.15, 0.2) is 0 Å². The van der Waals surface area contributed by atoms with Crippen LogP contribution in [-0.2, 0) is 11.4 Å². The number of nitrogens with zero attached hydrogens (tertiary/aromatic N) is 1. The van der Waals surface area contributed by atoms with Crippen LogP contribution >= 0.6 is 11.3 Å². The Bertz CT molecular complexity index is 1000. The number of ether oxygens (including phenoxy) is 2. The lowest BCUT2D eigenvalue weighted by atomic mass is 9.99. The number of carboxylic acids is 1. The van der Waals surface area contributed by atoms with Gasteiger partial charge in [-0.25, -0.2) is 0 Å². The highest BCUT2D eigenvalue weighted by Gasteiger charge is 2.19. The summed E-state index contributed by atoms with van der Waals surface area (Å²) < 4.78 is 12.1. The minimum Gasteiger partial charge on any atom is -0.489 e. The fourth-order valence-electron chi connectivity index (χ4n) is 3.05. The van der Waals surface area contributed by atoms with E-state index >= 15 is 0 Å². The number of hydrogen-bond acceptors (Lipinski definition) is 6. The van der Waals surface area contributed by atoms with E-state index in [4.69, 9.17) is 19.8 Å². The molecule has 0 fully saturated rings. The summed E-state index contributed by atoms with van der Waals surface area (Å²) in [6.45, 7) is 2.39. The Kier molecular flexibility index (Phi) is 7.45. The topological polar surface area (TPSA) is 88.4 Å². The average molecular weight is 426 g/mol. The van der Waals surface area contributed by atoms with Gasteiger partial charge >= 0.3 is 5.97 Å². The molecular formula is C23H23NO5S. The van der Waals surface area contributed by atoms with Gasteiger partial charge < -0.3 is 19.8 Å². The molecule has 0 aliphatic rings. The van der Waals surface area contributed by atoms with Gasteiger partial charge in [0.05, 0.1) is 6.21 Å². The van der Waals surface area contributed by atoms with Crippen molar-refractivity contribution in [2.75, 3.05) is 0 Å². The van der Waals surface area contributed by atoms with Crippen LogP contribution in [0, 0.1) is 6.92 Å². The molecular weight excluding hydrogens is 402 g/mol. The van der Waals surface area contributed by atoms with E-state index in [1.807, 2.05) is 48.0 Å². The van der Waals surface area contributed by atoms with Crippen molar-refractivity contribution in [1.82, 2.24) is 0 Å². The van der Waals surface area contributed by atoms with Gasteiger partial charge in [-0.2, -0.15) is 11.3 Å². The summed E-state index contributed by atoms with van der Waals surface area (Å²) in [5.74, 6) is 0.171. The van der Waals surface area contributed by atoms with Gasteiger partial charge in [0.1, 0.15) is 24.2 Å². The molecule has 0 saturated heterocycles. The number of oxime groups is 1. The molecule has 0 unspecified atom stereocenters. The number of aliphatic carboxylic acids is 1. The van der Waals surface area contributed by atoms with Gasteiger partial charge in [-0.3, -0.25) is 4.79 Å². The molecule has 156 valence electrons. The SMILES string of the molecule is Cc1ccccc1[C@H](CCC(=O)O)Oc1cc(OCc2ccsc2)ccc1C=NO. The molecule has 1 heterocycles. The Labute approximate surface area is 179 Å². The van der Waals surface area contributed by atoms with Crippen molar-refractivity contribution >= 4 is 23.5 Å². The van der Waals surface area contributed by atoms with Crippen molar-refractivity contribution in [3.63, 3.8) is 0 Å². The lowest BCUT2D eigenvalue weighted by Gasteiger charge is -2.22. The molecule has 0 aliphatic heterocycles. The Balaban J connectivity index is 1.87. The first-order chi connectivity index (χ1) is 14.6. The molecule has 0 aliphatic carbocycles. The Morgan fingerprint density at radius 3 is 2.77 bits per heavy atom. The third-order valence-electron chi connectivity index (χ3n) is 4.59. The minimum absolute atomic E-state index is 0.0310. The quantitative estimate of drug-likeness (QED) is 0.257. The Morgan fingerprint density at radius 1 is 1.23 bits per heavy atom. The Morgan fingerprint density at radius 2 is 2.07 bits per heavy atom. The van der Waals surface area contributed by atoms with E-state index in [1.165, 1.54) is 6.21 Å². The largest absolute Gasteiger partial charge is 0.489 e. The van der Waals surface area contributed by atoms with Crippen LogP contribution in [0.3, 0.4) is 0 Å². The van der Waals surface area contributed by atoms with E-state index in [9.17, 15) is 4.79 Å². The zero-order valence-electron chi connectivity index (χ0n) is 16.5. The summed E-state index contributed by atoms with van der Waals surface area (Å²) in [4.78, 5) is 11.2. The highest BCUT2D eigenvalue weighted by molar-refractivity contribution is 7.07. The van der Waals surface area contributed by atoms with Crippen molar-refractivity contribution in [2.45, 2.75) is 32.5 Å². The van der Waals surface area contributed by atoms with E-state index in [2.05, 4.69) is 5.16 Å². The van der Waals surface area contributed by atoms with Gasteiger partial charge in [0, 0.05) is 18.1 Å². The van der Waals surface area contributed by atoms with Crippen molar-refractivity contribution in [1.29, 1.82) is 0 Å². The van der Waals surface area contributed by atoms with Crippen LogP contribution in [0.2, 0.25) is 0 Å². The molecule has 3 aromatic rings. The number of aryl methyl sites for hydroxylation is 1. The van der Waals surface area contributed by atoms with Crippen LogP contribution in [0.4, 0.5) is 0 Å². The van der Waals surface area contributed by atoms with Crippen molar-refractivity contribution in [3.05, 3.63) is 81.5 Å². The third-order valence-corrected chi connectivity index (χ3v) is 5.32. The summed E-state index contributed by atoms with van der Waals surface area (Å²) in [7, 11) is 0.